The number of nitrogens with zero attached hydrogens (tertiary/aromatic N) is 2. The summed E-state index contributed by atoms with van der Waals surface area (Å²) in [6.07, 6.45) is 6.93. The van der Waals surface area contributed by atoms with Crippen molar-refractivity contribution in [2.75, 3.05) is 0 Å². The molecule has 2 aliphatic rings. The van der Waals surface area contributed by atoms with Crippen molar-refractivity contribution in [2.24, 2.45) is 10.8 Å². The summed E-state index contributed by atoms with van der Waals surface area (Å²) < 4.78 is 0. The zero-order valence-corrected chi connectivity index (χ0v) is 45.2. The van der Waals surface area contributed by atoms with Gasteiger partial charge in [-0.2, -0.15) is 102 Å². The van der Waals surface area contributed by atoms with Gasteiger partial charge in [0.2, 0.25) is 5.91 Å². The number of hydrogen-bond acceptors (Lipinski definition) is 11. The van der Waals surface area contributed by atoms with E-state index in [0.29, 0.717) is 19.5 Å². The number of allylic oxidation sites excluding steroid dienone is 3. The number of carbonyl (C=O) groups is 1. The second kappa shape index (κ2) is 20.4. The topological polar surface area (TPSA) is 23.6 Å². The molecule has 1 fully saturated rings. The molecule has 1 amide bonds. The van der Waals surface area contributed by atoms with Crippen molar-refractivity contribution in [1.82, 2.24) is 9.80 Å². The third-order valence-corrected chi connectivity index (χ3v) is 21.0. The Morgan fingerprint density at radius 1 is 0.412 bits per heavy atom. The van der Waals surface area contributed by atoms with E-state index in [1.165, 1.54) is 72.5 Å². The highest BCUT2D eigenvalue weighted by Crippen LogP contribution is 2.67. The normalized spacial score (nSPS) is 19.4. The molecular formula is C56H52N2OS9. The summed E-state index contributed by atoms with van der Waals surface area (Å²) in [5, 5.41) is 41.2. The quantitative estimate of drug-likeness (QED) is 0.0759. The molecule has 346 valence electrons. The van der Waals surface area contributed by atoms with Gasteiger partial charge in [0.05, 0.1) is 0 Å². The average molecular weight is 1060 g/mol. The fourth-order valence-corrected chi connectivity index (χ4v) is 17.6. The first-order valence-electron chi connectivity index (χ1n) is 23.1. The largest absolute Gasteiger partial charge is 0.346 e. The van der Waals surface area contributed by atoms with Crippen LogP contribution in [0.5, 0.6) is 0 Å². The first kappa shape index (κ1) is 46.4. The molecule has 1 aliphatic heterocycles. The van der Waals surface area contributed by atoms with E-state index in [9.17, 15) is 0 Å². The molecule has 12 heteroatoms. The van der Waals surface area contributed by atoms with Gasteiger partial charge in [0.1, 0.15) is 11.1 Å². The Kier molecular flexibility index (Phi) is 13.9. The monoisotopic (exact) mass is 1060 g/mol. The summed E-state index contributed by atoms with van der Waals surface area (Å²) in [6.45, 7) is 3.58. The van der Waals surface area contributed by atoms with E-state index in [1.807, 2.05) is 0 Å². The van der Waals surface area contributed by atoms with Gasteiger partial charge in [-0.1, -0.05) is 18.9 Å². The number of amides is 1. The van der Waals surface area contributed by atoms with E-state index < -0.39 is 16.5 Å². The average Bonchev–Trinajstić information content (AvgIpc) is 4.18. The van der Waals surface area contributed by atoms with Crippen LogP contribution >= 0.6 is 102 Å². The number of fused-ring (bicyclic) bond motifs is 1. The Balaban J connectivity index is 1.35. The van der Waals surface area contributed by atoms with Crippen molar-refractivity contribution >= 4 is 108 Å². The van der Waals surface area contributed by atoms with E-state index in [2.05, 4.69) is 168 Å². The van der Waals surface area contributed by atoms with E-state index in [0.717, 1.165) is 51.4 Å². The van der Waals surface area contributed by atoms with E-state index in [1.54, 1.807) is 102 Å². The molecule has 68 heavy (non-hydrogen) atoms. The minimum Gasteiger partial charge on any atom is -0.346 e. The second-order valence-corrected chi connectivity index (χ2v) is 25.4. The minimum atomic E-state index is -1.02. The minimum absolute atomic E-state index is 0.279. The molecule has 2 atom stereocenters. The molecule has 0 radical (unpaired) electrons. The van der Waals surface area contributed by atoms with Gasteiger partial charge in [-0.05, 0) is 251 Å². The lowest BCUT2D eigenvalue weighted by atomic mass is 9.45. The second-order valence-electron chi connectivity index (χ2n) is 18.4. The third kappa shape index (κ3) is 8.81. The van der Waals surface area contributed by atoms with Crippen molar-refractivity contribution in [2.45, 2.75) is 83.5 Å². The lowest BCUT2D eigenvalue weighted by Crippen LogP contribution is -2.76. The van der Waals surface area contributed by atoms with Crippen LogP contribution < -0.4 is 0 Å². The van der Waals surface area contributed by atoms with Gasteiger partial charge in [0.25, 0.3) is 0 Å². The maximum Gasteiger partial charge on any atom is 0.238 e. The number of thiophene rings is 9. The first-order valence-corrected chi connectivity index (χ1v) is 31.6. The molecule has 1 saturated heterocycles. The maximum absolute atomic E-state index is 18.2. The van der Waals surface area contributed by atoms with Gasteiger partial charge >= 0.3 is 0 Å². The van der Waals surface area contributed by atoms with Crippen molar-refractivity contribution in [1.29, 1.82) is 0 Å². The summed E-state index contributed by atoms with van der Waals surface area (Å²) in [5.41, 5.74) is 14.7. The van der Waals surface area contributed by atoms with Crippen LogP contribution in [0.3, 0.4) is 0 Å². The van der Waals surface area contributed by atoms with Crippen LogP contribution in [-0.4, -0.2) is 21.4 Å². The van der Waals surface area contributed by atoms with Crippen molar-refractivity contribution in [3.63, 3.8) is 0 Å². The number of hydrogen-bond donors (Lipinski definition) is 0. The summed E-state index contributed by atoms with van der Waals surface area (Å²) in [5.74, 6) is 0.279. The molecule has 9 aromatic rings. The predicted molar refractivity (Wildman–Crippen MR) is 297 cm³/mol. The van der Waals surface area contributed by atoms with Crippen LogP contribution in [0.2, 0.25) is 0 Å². The van der Waals surface area contributed by atoms with Gasteiger partial charge in [-0.3, -0.25) is 4.79 Å². The van der Waals surface area contributed by atoms with Crippen LogP contribution in [0.15, 0.2) is 174 Å². The van der Waals surface area contributed by atoms with Crippen LogP contribution in [0, 0.1) is 10.8 Å². The van der Waals surface area contributed by atoms with Crippen molar-refractivity contribution in [3.8, 4) is 0 Å². The van der Waals surface area contributed by atoms with Gasteiger partial charge in [-0.25, -0.2) is 0 Å². The summed E-state index contributed by atoms with van der Waals surface area (Å²) in [7, 11) is 0. The van der Waals surface area contributed by atoms with E-state index in [-0.39, 0.29) is 5.91 Å². The standard InChI is InChI=1S/C56H52N2OS9/c1-2-12-55(27-45-8-18-65-36-45)57(29-47-10-20-67-38-47)52-50(23-41-4-14-61-32-41)49(22-40-3-13-60-31-40)51(24-42-5-15-62-33-42)54(25-43-6-16-63-34-43,26-44-7-17-64-35-44)56(52,28-46-9-19-66-37-46)53(59)58(55)30-48-11-21-68-39-48/h3-11,13-21,31-39H,2,12,22-30H2,1H3. The highest BCUT2D eigenvalue weighted by molar-refractivity contribution is 7.09. The molecule has 10 heterocycles. The zero-order valence-electron chi connectivity index (χ0n) is 37.8. The molecule has 0 spiro atoms. The summed E-state index contributed by atoms with van der Waals surface area (Å²) >= 11 is 15.9. The smallest absolute Gasteiger partial charge is 0.238 e. The summed E-state index contributed by atoms with van der Waals surface area (Å²) in [4.78, 5) is 23.5. The summed E-state index contributed by atoms with van der Waals surface area (Å²) in [6, 6.07) is 20.9. The van der Waals surface area contributed by atoms with Gasteiger partial charge in [0, 0.05) is 37.0 Å². The molecule has 0 N–H and O–H groups in total. The molecule has 3 nitrogen and oxygen atoms in total. The maximum atomic E-state index is 18.2. The van der Waals surface area contributed by atoms with E-state index >= 15 is 4.79 Å². The fraction of sp³-hybridized carbons (Fsp3) is 0.268. The van der Waals surface area contributed by atoms with Gasteiger partial charge in [-0.15, -0.1) is 0 Å². The highest BCUT2D eigenvalue weighted by atomic mass is 32.1. The Hall–Kier alpha value is -3.95. The van der Waals surface area contributed by atoms with Crippen molar-refractivity contribution in [3.05, 3.63) is 224 Å². The predicted octanol–water partition coefficient (Wildman–Crippen LogP) is 16.8. The Labute approximate surface area is 436 Å². The van der Waals surface area contributed by atoms with Crippen LogP contribution in [0.4, 0.5) is 0 Å². The molecular weight excluding hydrogens is 1010 g/mol. The van der Waals surface area contributed by atoms with Gasteiger partial charge in [0.15, 0.2) is 0 Å². The molecule has 1 aliphatic carbocycles. The Morgan fingerprint density at radius 3 is 1.21 bits per heavy atom. The number of rotatable bonds is 20. The first-order chi connectivity index (χ1) is 33.5. The van der Waals surface area contributed by atoms with E-state index in [4.69, 9.17) is 0 Å². The Bertz CT molecular complexity index is 2970. The fourth-order valence-electron chi connectivity index (χ4n) is 11.6. The molecule has 9 aromatic heterocycles. The zero-order chi connectivity index (χ0) is 46.0. The number of carbonyl (C=O) groups excluding carboxylic acids is 1. The molecule has 0 saturated carbocycles. The molecule has 11 rings (SSSR count). The highest BCUT2D eigenvalue weighted by Gasteiger charge is 2.70. The molecule has 0 bridgehead atoms. The SMILES string of the molecule is CCCC1(Cc2ccsc2)N(Cc2ccsc2)C(=O)C2(Cc3ccsc3)C(=C(Cc3ccsc3)C(Cc3ccsc3)=C(Cc3ccsc3)C2(Cc2ccsc2)Cc2ccsc2)N1Cc1ccsc1. The third-order valence-electron chi connectivity index (χ3n) is 14.4. The van der Waals surface area contributed by atoms with Crippen LogP contribution in [0.1, 0.15) is 69.8 Å². The molecule has 0 aromatic carbocycles. The Morgan fingerprint density at radius 2 is 0.779 bits per heavy atom. The van der Waals surface area contributed by atoms with Gasteiger partial charge < -0.3 is 9.80 Å². The lowest BCUT2D eigenvalue weighted by molar-refractivity contribution is -0.186. The van der Waals surface area contributed by atoms with Crippen molar-refractivity contribution < 1.29 is 4.79 Å². The van der Waals surface area contributed by atoms with Crippen LogP contribution in [0.25, 0.3) is 0 Å². The lowest BCUT2D eigenvalue weighted by Gasteiger charge is -2.68. The molecule has 2 unspecified atom stereocenters. The van der Waals surface area contributed by atoms with Crippen LogP contribution in [-0.2, 0) is 62.8 Å².